The molecule has 1 unspecified atom stereocenters. The fourth-order valence-corrected chi connectivity index (χ4v) is 2.94. The molecule has 0 saturated carbocycles. The average molecular weight is 257 g/mol. The highest BCUT2D eigenvalue weighted by molar-refractivity contribution is 7.89. The number of benzene rings is 1. The lowest BCUT2D eigenvalue weighted by Gasteiger charge is -2.16. The van der Waals surface area contributed by atoms with E-state index in [2.05, 4.69) is 4.72 Å². The Kier molecular flexibility index (Phi) is 5.61. The Morgan fingerprint density at radius 3 is 2.47 bits per heavy atom. The van der Waals surface area contributed by atoms with Crippen molar-refractivity contribution in [2.24, 2.45) is 0 Å². The van der Waals surface area contributed by atoms with Gasteiger partial charge in [-0.15, -0.1) is 0 Å². The zero-order chi connectivity index (χ0) is 12.7. The standard InChI is InChI=1S/C12H19NO3S/c1-2-8-17(15,16)13-12(10-14)9-11-6-4-3-5-7-11/h3-7,12-14H,2,8-10H2,1H3. The summed E-state index contributed by atoms with van der Waals surface area (Å²) in [6.45, 7) is 1.61. The number of rotatable bonds is 7. The van der Waals surface area contributed by atoms with Crippen molar-refractivity contribution in [1.29, 1.82) is 0 Å². The van der Waals surface area contributed by atoms with Crippen molar-refractivity contribution >= 4 is 10.0 Å². The summed E-state index contributed by atoms with van der Waals surface area (Å²) in [6.07, 6.45) is 1.07. The van der Waals surface area contributed by atoms with Gasteiger partial charge in [0.05, 0.1) is 12.4 Å². The third-order valence-electron chi connectivity index (χ3n) is 2.36. The van der Waals surface area contributed by atoms with E-state index in [1.54, 1.807) is 0 Å². The third kappa shape index (κ3) is 5.30. The maximum Gasteiger partial charge on any atom is 0.211 e. The molecule has 4 nitrogen and oxygen atoms in total. The number of aliphatic hydroxyl groups excluding tert-OH is 1. The Labute approximate surface area is 103 Å². The lowest BCUT2D eigenvalue weighted by Crippen LogP contribution is -2.40. The van der Waals surface area contributed by atoms with Crippen LogP contribution in [-0.2, 0) is 16.4 Å². The molecule has 0 aliphatic heterocycles. The van der Waals surface area contributed by atoms with E-state index < -0.39 is 16.1 Å². The van der Waals surface area contributed by atoms with Gasteiger partial charge in [-0.05, 0) is 18.4 Å². The predicted octanol–water partition coefficient (Wildman–Crippen LogP) is 0.919. The molecule has 0 aromatic heterocycles. The molecule has 2 N–H and O–H groups in total. The predicted molar refractivity (Wildman–Crippen MR) is 68.2 cm³/mol. The monoisotopic (exact) mass is 257 g/mol. The Morgan fingerprint density at radius 2 is 1.94 bits per heavy atom. The highest BCUT2D eigenvalue weighted by atomic mass is 32.2. The van der Waals surface area contributed by atoms with Crippen molar-refractivity contribution in [1.82, 2.24) is 4.72 Å². The van der Waals surface area contributed by atoms with Gasteiger partial charge in [0.1, 0.15) is 0 Å². The van der Waals surface area contributed by atoms with Crippen LogP contribution in [0.1, 0.15) is 18.9 Å². The van der Waals surface area contributed by atoms with Crippen LogP contribution >= 0.6 is 0 Å². The normalized spacial score (nSPS) is 13.5. The maximum atomic E-state index is 11.6. The summed E-state index contributed by atoms with van der Waals surface area (Å²) in [6, 6.07) is 9.06. The topological polar surface area (TPSA) is 66.4 Å². The molecular formula is C12H19NO3S. The second-order valence-corrected chi connectivity index (χ2v) is 5.88. The summed E-state index contributed by atoms with van der Waals surface area (Å²) in [4.78, 5) is 0. The van der Waals surface area contributed by atoms with Crippen LogP contribution in [0.25, 0.3) is 0 Å². The maximum absolute atomic E-state index is 11.6. The van der Waals surface area contributed by atoms with Crippen LogP contribution in [0, 0.1) is 0 Å². The van der Waals surface area contributed by atoms with Gasteiger partial charge in [-0.25, -0.2) is 13.1 Å². The molecule has 1 aromatic carbocycles. The van der Waals surface area contributed by atoms with Gasteiger partial charge in [-0.3, -0.25) is 0 Å². The molecular weight excluding hydrogens is 238 g/mol. The summed E-state index contributed by atoms with van der Waals surface area (Å²) >= 11 is 0. The van der Waals surface area contributed by atoms with Gasteiger partial charge in [0.15, 0.2) is 0 Å². The van der Waals surface area contributed by atoms with Gasteiger partial charge in [-0.2, -0.15) is 0 Å². The first-order valence-corrected chi connectivity index (χ1v) is 7.37. The molecule has 0 spiro atoms. The summed E-state index contributed by atoms with van der Waals surface area (Å²) in [7, 11) is -3.27. The second-order valence-electron chi connectivity index (χ2n) is 4.01. The lowest BCUT2D eigenvalue weighted by molar-refractivity contribution is 0.256. The van der Waals surface area contributed by atoms with Crippen LogP contribution in [0.15, 0.2) is 30.3 Å². The van der Waals surface area contributed by atoms with E-state index in [0.29, 0.717) is 12.8 Å². The van der Waals surface area contributed by atoms with Gasteiger partial charge < -0.3 is 5.11 Å². The van der Waals surface area contributed by atoms with E-state index in [-0.39, 0.29) is 12.4 Å². The minimum Gasteiger partial charge on any atom is -0.395 e. The molecule has 0 radical (unpaired) electrons. The zero-order valence-electron chi connectivity index (χ0n) is 9.96. The Balaban J connectivity index is 2.61. The van der Waals surface area contributed by atoms with Crippen molar-refractivity contribution in [2.45, 2.75) is 25.8 Å². The lowest BCUT2D eigenvalue weighted by atomic mass is 10.1. The molecule has 0 heterocycles. The van der Waals surface area contributed by atoms with Gasteiger partial charge in [0.2, 0.25) is 10.0 Å². The van der Waals surface area contributed by atoms with E-state index in [1.165, 1.54) is 0 Å². The van der Waals surface area contributed by atoms with Gasteiger partial charge in [0, 0.05) is 6.04 Å². The number of aliphatic hydroxyl groups is 1. The minimum atomic E-state index is -3.27. The third-order valence-corrected chi connectivity index (χ3v) is 4.00. The number of sulfonamides is 1. The largest absolute Gasteiger partial charge is 0.395 e. The van der Waals surface area contributed by atoms with E-state index in [9.17, 15) is 13.5 Å². The van der Waals surface area contributed by atoms with E-state index in [1.807, 2.05) is 37.3 Å². The van der Waals surface area contributed by atoms with Crippen molar-refractivity contribution in [3.63, 3.8) is 0 Å². The summed E-state index contributed by atoms with van der Waals surface area (Å²) in [5.74, 6) is 0.0955. The molecule has 0 saturated heterocycles. The Morgan fingerprint density at radius 1 is 1.29 bits per heavy atom. The molecule has 0 amide bonds. The first kappa shape index (κ1) is 14.2. The number of hydrogen-bond acceptors (Lipinski definition) is 3. The molecule has 5 heteroatoms. The number of nitrogens with one attached hydrogen (secondary N) is 1. The summed E-state index contributed by atoms with van der Waals surface area (Å²) in [5, 5.41) is 9.19. The Hall–Kier alpha value is -0.910. The van der Waals surface area contributed by atoms with Gasteiger partial charge in [0.25, 0.3) is 0 Å². The fraction of sp³-hybridized carbons (Fsp3) is 0.500. The highest BCUT2D eigenvalue weighted by Crippen LogP contribution is 2.04. The minimum absolute atomic E-state index is 0.0955. The molecule has 0 aliphatic rings. The van der Waals surface area contributed by atoms with Crippen molar-refractivity contribution in [3.05, 3.63) is 35.9 Å². The van der Waals surface area contributed by atoms with E-state index in [4.69, 9.17) is 0 Å². The zero-order valence-corrected chi connectivity index (χ0v) is 10.8. The van der Waals surface area contributed by atoms with Crippen LogP contribution in [0.3, 0.4) is 0 Å². The SMILES string of the molecule is CCCS(=O)(=O)NC(CO)Cc1ccccc1. The highest BCUT2D eigenvalue weighted by Gasteiger charge is 2.16. The smallest absolute Gasteiger partial charge is 0.211 e. The average Bonchev–Trinajstić information content (AvgIpc) is 2.29. The van der Waals surface area contributed by atoms with E-state index in [0.717, 1.165) is 5.56 Å². The first-order chi connectivity index (χ1) is 8.07. The number of hydrogen-bond donors (Lipinski definition) is 2. The van der Waals surface area contributed by atoms with Crippen LogP contribution in [0.5, 0.6) is 0 Å². The molecule has 96 valence electrons. The van der Waals surface area contributed by atoms with Crippen molar-refractivity contribution in [3.8, 4) is 0 Å². The van der Waals surface area contributed by atoms with Crippen LogP contribution in [-0.4, -0.2) is 31.9 Å². The molecule has 0 fully saturated rings. The van der Waals surface area contributed by atoms with Crippen molar-refractivity contribution < 1.29 is 13.5 Å². The van der Waals surface area contributed by atoms with Gasteiger partial charge >= 0.3 is 0 Å². The van der Waals surface area contributed by atoms with Crippen LogP contribution in [0.2, 0.25) is 0 Å². The molecule has 1 atom stereocenters. The molecule has 1 rings (SSSR count). The molecule has 0 aliphatic carbocycles. The summed E-state index contributed by atoms with van der Waals surface area (Å²) in [5.41, 5.74) is 1.01. The molecule has 1 aromatic rings. The Bertz CT molecular complexity index is 417. The first-order valence-electron chi connectivity index (χ1n) is 5.72. The molecule has 17 heavy (non-hydrogen) atoms. The van der Waals surface area contributed by atoms with Crippen LogP contribution in [0.4, 0.5) is 0 Å². The fourth-order valence-electron chi connectivity index (χ4n) is 1.62. The van der Waals surface area contributed by atoms with Crippen LogP contribution < -0.4 is 4.72 Å². The van der Waals surface area contributed by atoms with Crippen molar-refractivity contribution in [2.75, 3.05) is 12.4 Å². The van der Waals surface area contributed by atoms with Gasteiger partial charge in [-0.1, -0.05) is 37.3 Å². The van der Waals surface area contributed by atoms with E-state index >= 15 is 0 Å². The second kappa shape index (κ2) is 6.74. The summed E-state index contributed by atoms with van der Waals surface area (Å²) < 4.78 is 25.7. The molecule has 0 bridgehead atoms. The quantitative estimate of drug-likeness (QED) is 0.763.